The van der Waals surface area contributed by atoms with E-state index in [0.717, 1.165) is 17.9 Å². The summed E-state index contributed by atoms with van der Waals surface area (Å²) in [6, 6.07) is 3.08. The first-order valence-electron chi connectivity index (χ1n) is 6.82. The van der Waals surface area contributed by atoms with E-state index in [2.05, 4.69) is 23.4 Å². The number of hydrogen-bond acceptors (Lipinski definition) is 1. The molecule has 20 heavy (non-hydrogen) atoms. The number of imidazole rings is 1. The van der Waals surface area contributed by atoms with Crippen LogP contribution in [-0.2, 0) is 13.0 Å². The molecule has 1 aromatic heterocycles. The predicted molar refractivity (Wildman–Crippen MR) is 81.0 cm³/mol. The lowest BCUT2D eigenvalue weighted by atomic mass is 10.1. The zero-order valence-electron chi connectivity index (χ0n) is 11.6. The molecule has 108 valence electrons. The number of aryl methyl sites for hydroxylation is 1. The van der Waals surface area contributed by atoms with Crippen LogP contribution in [0.2, 0.25) is 5.02 Å². The summed E-state index contributed by atoms with van der Waals surface area (Å²) in [6.45, 7) is 5.44. The van der Waals surface area contributed by atoms with Crippen molar-refractivity contribution >= 4 is 34.2 Å². The van der Waals surface area contributed by atoms with E-state index in [9.17, 15) is 4.39 Å². The Morgan fingerprint density at radius 2 is 2.15 bits per heavy atom. The highest BCUT2D eigenvalue weighted by atomic mass is 35.5. The Balaban J connectivity index is 2.06. The predicted octanol–water partition coefficient (Wildman–Crippen LogP) is 4.66. The summed E-state index contributed by atoms with van der Waals surface area (Å²) >= 11 is 11.8. The SMILES string of the molecule is CC1(C)CC1Cn1c(CCCl)nc2cc(F)c(Cl)cc21. The summed E-state index contributed by atoms with van der Waals surface area (Å²) in [7, 11) is 0. The third-order valence-electron chi connectivity index (χ3n) is 4.31. The minimum Gasteiger partial charge on any atom is -0.328 e. The van der Waals surface area contributed by atoms with Gasteiger partial charge in [-0.1, -0.05) is 25.4 Å². The van der Waals surface area contributed by atoms with E-state index in [0.29, 0.717) is 29.2 Å². The van der Waals surface area contributed by atoms with Gasteiger partial charge < -0.3 is 4.57 Å². The molecule has 0 aliphatic heterocycles. The van der Waals surface area contributed by atoms with Crippen LogP contribution in [0, 0.1) is 17.2 Å². The molecule has 2 nitrogen and oxygen atoms in total. The van der Waals surface area contributed by atoms with Gasteiger partial charge in [-0.05, 0) is 23.8 Å². The largest absolute Gasteiger partial charge is 0.328 e. The average molecular weight is 315 g/mol. The summed E-state index contributed by atoms with van der Waals surface area (Å²) < 4.78 is 15.7. The van der Waals surface area contributed by atoms with Gasteiger partial charge in [-0.15, -0.1) is 11.6 Å². The van der Waals surface area contributed by atoms with Crippen LogP contribution < -0.4 is 0 Å². The number of alkyl halides is 1. The van der Waals surface area contributed by atoms with Gasteiger partial charge in [-0.2, -0.15) is 0 Å². The Morgan fingerprint density at radius 3 is 2.75 bits per heavy atom. The summed E-state index contributed by atoms with van der Waals surface area (Å²) in [6.07, 6.45) is 1.89. The number of benzene rings is 1. The molecule has 3 rings (SSSR count). The third kappa shape index (κ3) is 2.42. The van der Waals surface area contributed by atoms with Crippen molar-refractivity contribution in [1.82, 2.24) is 9.55 Å². The van der Waals surface area contributed by atoms with Gasteiger partial charge >= 0.3 is 0 Å². The average Bonchev–Trinajstić information content (AvgIpc) is 2.84. The van der Waals surface area contributed by atoms with Gasteiger partial charge in [-0.25, -0.2) is 9.37 Å². The number of rotatable bonds is 4. The first-order chi connectivity index (χ1) is 9.42. The van der Waals surface area contributed by atoms with Crippen LogP contribution in [-0.4, -0.2) is 15.4 Å². The van der Waals surface area contributed by atoms with Gasteiger partial charge in [0.15, 0.2) is 0 Å². The van der Waals surface area contributed by atoms with Crippen LogP contribution in [0.3, 0.4) is 0 Å². The monoisotopic (exact) mass is 314 g/mol. The van der Waals surface area contributed by atoms with E-state index in [1.165, 1.54) is 12.5 Å². The Bertz CT molecular complexity index is 663. The van der Waals surface area contributed by atoms with Crippen molar-refractivity contribution in [3.05, 3.63) is 28.8 Å². The second kappa shape index (κ2) is 4.88. The highest BCUT2D eigenvalue weighted by molar-refractivity contribution is 6.31. The molecule has 0 N–H and O–H groups in total. The molecule has 0 spiro atoms. The standard InChI is InChI=1S/C15H17Cl2FN2/c1-15(2)7-9(15)8-20-13-5-10(17)11(18)6-12(13)19-14(20)3-4-16/h5-6,9H,3-4,7-8H2,1-2H3. The summed E-state index contributed by atoms with van der Waals surface area (Å²) in [5.41, 5.74) is 1.95. The van der Waals surface area contributed by atoms with Crippen molar-refractivity contribution in [2.45, 2.75) is 33.2 Å². The van der Waals surface area contributed by atoms with Gasteiger partial charge in [0.1, 0.15) is 11.6 Å². The van der Waals surface area contributed by atoms with E-state index in [4.69, 9.17) is 23.2 Å². The molecule has 2 aromatic rings. The van der Waals surface area contributed by atoms with Crippen LogP contribution in [0.15, 0.2) is 12.1 Å². The number of nitrogens with zero attached hydrogens (tertiary/aromatic N) is 2. The first-order valence-corrected chi connectivity index (χ1v) is 7.74. The number of hydrogen-bond donors (Lipinski definition) is 0. The number of halogens is 3. The zero-order valence-corrected chi connectivity index (χ0v) is 13.1. The van der Waals surface area contributed by atoms with Crippen molar-refractivity contribution in [3.63, 3.8) is 0 Å². The minimum atomic E-state index is -0.423. The fourth-order valence-electron chi connectivity index (χ4n) is 2.76. The van der Waals surface area contributed by atoms with Gasteiger partial charge in [0, 0.05) is 24.9 Å². The highest BCUT2D eigenvalue weighted by Crippen LogP contribution is 2.52. The lowest BCUT2D eigenvalue weighted by Crippen LogP contribution is -2.08. The molecule has 0 bridgehead atoms. The Morgan fingerprint density at radius 1 is 1.45 bits per heavy atom. The van der Waals surface area contributed by atoms with Crippen molar-refractivity contribution < 1.29 is 4.39 Å². The molecule has 1 aliphatic carbocycles. The molecular weight excluding hydrogens is 298 g/mol. The molecule has 0 saturated heterocycles. The van der Waals surface area contributed by atoms with Crippen molar-refractivity contribution in [2.75, 3.05) is 5.88 Å². The molecule has 0 radical (unpaired) electrons. The second-order valence-electron chi connectivity index (χ2n) is 6.22. The molecular formula is C15H17Cl2FN2. The molecule has 1 saturated carbocycles. The molecule has 1 atom stereocenters. The number of fused-ring (bicyclic) bond motifs is 1. The van der Waals surface area contributed by atoms with Crippen molar-refractivity contribution in [1.29, 1.82) is 0 Å². The smallest absolute Gasteiger partial charge is 0.144 e. The maximum Gasteiger partial charge on any atom is 0.144 e. The van der Waals surface area contributed by atoms with E-state index in [-0.39, 0.29) is 5.02 Å². The zero-order chi connectivity index (χ0) is 14.5. The summed E-state index contributed by atoms with van der Waals surface area (Å²) in [5.74, 6) is 1.64. The van der Waals surface area contributed by atoms with E-state index in [1.54, 1.807) is 6.07 Å². The lowest BCUT2D eigenvalue weighted by Gasteiger charge is -2.10. The van der Waals surface area contributed by atoms with Crippen LogP contribution in [0.4, 0.5) is 4.39 Å². The second-order valence-corrected chi connectivity index (χ2v) is 7.01. The van der Waals surface area contributed by atoms with Crippen LogP contribution in [0.1, 0.15) is 26.1 Å². The Kier molecular flexibility index (Phi) is 3.46. The minimum absolute atomic E-state index is 0.145. The van der Waals surface area contributed by atoms with Gasteiger partial charge in [0.25, 0.3) is 0 Å². The fraction of sp³-hybridized carbons (Fsp3) is 0.533. The van der Waals surface area contributed by atoms with Gasteiger partial charge in [0.05, 0.1) is 16.1 Å². The highest BCUT2D eigenvalue weighted by Gasteiger charge is 2.45. The van der Waals surface area contributed by atoms with Crippen molar-refractivity contribution in [3.8, 4) is 0 Å². The van der Waals surface area contributed by atoms with E-state index < -0.39 is 5.82 Å². The fourth-order valence-corrected chi connectivity index (χ4v) is 3.08. The van der Waals surface area contributed by atoms with Crippen LogP contribution >= 0.6 is 23.2 Å². The molecule has 0 amide bonds. The quantitative estimate of drug-likeness (QED) is 0.751. The molecule has 1 aliphatic rings. The van der Waals surface area contributed by atoms with E-state index in [1.807, 2.05) is 0 Å². The topological polar surface area (TPSA) is 17.8 Å². The van der Waals surface area contributed by atoms with Crippen molar-refractivity contribution in [2.24, 2.45) is 11.3 Å². The molecule has 1 unspecified atom stereocenters. The number of aromatic nitrogens is 2. The third-order valence-corrected chi connectivity index (χ3v) is 4.79. The normalized spacial score (nSPS) is 20.6. The van der Waals surface area contributed by atoms with Crippen LogP contribution in [0.5, 0.6) is 0 Å². The molecule has 1 heterocycles. The lowest BCUT2D eigenvalue weighted by molar-refractivity contribution is 0.496. The summed E-state index contributed by atoms with van der Waals surface area (Å²) in [5, 5.41) is 0.145. The Labute approximate surface area is 127 Å². The Hall–Kier alpha value is -0.800. The summed E-state index contributed by atoms with van der Waals surface area (Å²) in [4.78, 5) is 4.51. The van der Waals surface area contributed by atoms with Gasteiger partial charge in [-0.3, -0.25) is 0 Å². The maximum atomic E-state index is 13.6. The molecule has 1 aromatic carbocycles. The molecule has 1 fully saturated rings. The molecule has 5 heteroatoms. The van der Waals surface area contributed by atoms with Gasteiger partial charge in [0.2, 0.25) is 0 Å². The van der Waals surface area contributed by atoms with Crippen LogP contribution in [0.25, 0.3) is 11.0 Å². The van der Waals surface area contributed by atoms with E-state index >= 15 is 0 Å². The first kappa shape index (κ1) is 14.2. The maximum absolute atomic E-state index is 13.6.